The van der Waals surface area contributed by atoms with E-state index in [2.05, 4.69) is 20.3 Å². The van der Waals surface area contributed by atoms with Gasteiger partial charge in [-0.3, -0.25) is 4.98 Å². The number of oxazole rings is 1. The second-order valence-electron chi connectivity index (χ2n) is 4.73. The van der Waals surface area contributed by atoms with Crippen molar-refractivity contribution in [3.63, 3.8) is 0 Å². The second kappa shape index (κ2) is 5.57. The molecule has 4 rings (SSSR count). The molecule has 0 unspecified atom stereocenters. The molecule has 3 aromatic heterocycles. The molecule has 1 aromatic carbocycles. The van der Waals surface area contributed by atoms with E-state index in [-0.39, 0.29) is 0 Å². The van der Waals surface area contributed by atoms with E-state index in [1.54, 1.807) is 17.5 Å². The Labute approximate surface area is 130 Å². The van der Waals surface area contributed by atoms with Crippen LogP contribution in [-0.4, -0.2) is 15.0 Å². The van der Waals surface area contributed by atoms with Crippen LogP contribution in [0.15, 0.2) is 58.6 Å². The summed E-state index contributed by atoms with van der Waals surface area (Å²) in [6.45, 7) is 0.573. The number of hydrogen-bond donors (Lipinski definition) is 1. The summed E-state index contributed by atoms with van der Waals surface area (Å²) in [5.74, 6) is 0. The van der Waals surface area contributed by atoms with Gasteiger partial charge in [0, 0.05) is 23.3 Å². The zero-order valence-electron chi connectivity index (χ0n) is 11.6. The van der Waals surface area contributed by atoms with Crippen LogP contribution in [0.2, 0.25) is 0 Å². The molecule has 0 spiro atoms. The number of aromatic nitrogens is 3. The maximum Gasteiger partial charge on any atom is 0.296 e. The number of rotatable bonds is 4. The first-order chi connectivity index (χ1) is 10.9. The molecule has 0 aliphatic heterocycles. The normalized spacial score (nSPS) is 10.9. The molecule has 0 radical (unpaired) electrons. The van der Waals surface area contributed by atoms with E-state index in [0.29, 0.717) is 12.6 Å². The molecule has 0 bridgehead atoms. The molecule has 0 aliphatic carbocycles. The fourth-order valence-electron chi connectivity index (χ4n) is 2.12. The van der Waals surface area contributed by atoms with Crippen LogP contribution in [0.4, 0.5) is 6.01 Å². The van der Waals surface area contributed by atoms with Crippen molar-refractivity contribution in [2.75, 3.05) is 5.32 Å². The number of hydrogen-bond acceptors (Lipinski definition) is 6. The number of thiazole rings is 1. The minimum Gasteiger partial charge on any atom is -0.424 e. The van der Waals surface area contributed by atoms with Crippen LogP contribution in [0, 0.1) is 0 Å². The van der Waals surface area contributed by atoms with Crippen LogP contribution in [0.5, 0.6) is 0 Å². The molecular formula is C16H12N4OS. The molecule has 0 fully saturated rings. The van der Waals surface area contributed by atoms with E-state index in [0.717, 1.165) is 27.4 Å². The van der Waals surface area contributed by atoms with Crippen molar-refractivity contribution in [3.05, 3.63) is 59.9 Å². The standard InChI is InChI=1S/C16H12N4OS/c1-2-6-14-13(5-1)20-16(21-14)18-9-12-10-22-15(19-12)11-4-3-7-17-8-11/h1-8,10H,9H2,(H,18,20). The van der Waals surface area contributed by atoms with Gasteiger partial charge in [0.25, 0.3) is 6.01 Å². The lowest BCUT2D eigenvalue weighted by molar-refractivity contribution is 0.614. The Morgan fingerprint density at radius 3 is 2.91 bits per heavy atom. The first-order valence-electron chi connectivity index (χ1n) is 6.83. The Kier molecular flexibility index (Phi) is 3.29. The molecular weight excluding hydrogens is 296 g/mol. The summed E-state index contributed by atoms with van der Waals surface area (Å²) in [5.41, 5.74) is 3.60. The number of fused-ring (bicyclic) bond motifs is 1. The van der Waals surface area contributed by atoms with Crippen molar-refractivity contribution in [1.82, 2.24) is 15.0 Å². The summed E-state index contributed by atoms with van der Waals surface area (Å²) in [7, 11) is 0. The zero-order chi connectivity index (χ0) is 14.8. The highest BCUT2D eigenvalue weighted by Gasteiger charge is 2.07. The predicted octanol–water partition coefficient (Wildman–Crippen LogP) is 3.96. The van der Waals surface area contributed by atoms with E-state index in [4.69, 9.17) is 4.42 Å². The van der Waals surface area contributed by atoms with E-state index >= 15 is 0 Å². The van der Waals surface area contributed by atoms with Crippen LogP contribution in [0.3, 0.4) is 0 Å². The summed E-state index contributed by atoms with van der Waals surface area (Å²) in [5, 5.41) is 6.15. The van der Waals surface area contributed by atoms with Crippen molar-refractivity contribution in [3.8, 4) is 10.6 Å². The van der Waals surface area contributed by atoms with Gasteiger partial charge in [0.15, 0.2) is 5.58 Å². The number of nitrogens with one attached hydrogen (secondary N) is 1. The Balaban J connectivity index is 1.49. The lowest BCUT2D eigenvalue weighted by Crippen LogP contribution is -1.99. The third-order valence-electron chi connectivity index (χ3n) is 3.17. The first kappa shape index (κ1) is 13.0. The summed E-state index contributed by atoms with van der Waals surface area (Å²) in [6.07, 6.45) is 3.57. The molecule has 3 heterocycles. The summed E-state index contributed by atoms with van der Waals surface area (Å²) in [4.78, 5) is 13.1. The lowest BCUT2D eigenvalue weighted by Gasteiger charge is -1.97. The Morgan fingerprint density at radius 1 is 1.09 bits per heavy atom. The highest BCUT2D eigenvalue weighted by Crippen LogP contribution is 2.23. The predicted molar refractivity (Wildman–Crippen MR) is 86.7 cm³/mol. The van der Waals surface area contributed by atoms with E-state index < -0.39 is 0 Å². The Bertz CT molecular complexity index is 868. The maximum atomic E-state index is 5.62. The fraction of sp³-hybridized carbons (Fsp3) is 0.0625. The first-order valence-corrected chi connectivity index (χ1v) is 7.71. The molecule has 1 N–H and O–H groups in total. The highest BCUT2D eigenvalue weighted by molar-refractivity contribution is 7.13. The van der Waals surface area contributed by atoms with Gasteiger partial charge in [-0.05, 0) is 24.3 Å². The molecule has 0 saturated heterocycles. The van der Waals surface area contributed by atoms with Gasteiger partial charge in [-0.1, -0.05) is 12.1 Å². The molecule has 6 heteroatoms. The van der Waals surface area contributed by atoms with Crippen molar-refractivity contribution < 1.29 is 4.42 Å². The van der Waals surface area contributed by atoms with Gasteiger partial charge in [0.2, 0.25) is 0 Å². The topological polar surface area (TPSA) is 63.8 Å². The summed E-state index contributed by atoms with van der Waals surface area (Å²) >= 11 is 1.60. The number of benzene rings is 1. The van der Waals surface area contributed by atoms with Gasteiger partial charge in [-0.15, -0.1) is 11.3 Å². The van der Waals surface area contributed by atoms with Crippen molar-refractivity contribution >= 4 is 28.5 Å². The summed E-state index contributed by atoms with van der Waals surface area (Å²) in [6, 6.07) is 12.1. The quantitative estimate of drug-likeness (QED) is 0.618. The Morgan fingerprint density at radius 2 is 2.05 bits per heavy atom. The number of pyridine rings is 1. The monoisotopic (exact) mass is 308 g/mol. The van der Waals surface area contributed by atoms with Crippen molar-refractivity contribution in [2.45, 2.75) is 6.54 Å². The summed E-state index contributed by atoms with van der Waals surface area (Å²) < 4.78 is 5.62. The molecule has 0 saturated carbocycles. The zero-order valence-corrected chi connectivity index (χ0v) is 12.4. The molecule has 22 heavy (non-hydrogen) atoms. The number of nitrogens with zero attached hydrogens (tertiary/aromatic N) is 3. The average Bonchev–Trinajstić information content (AvgIpc) is 3.20. The van der Waals surface area contributed by atoms with E-state index in [1.165, 1.54) is 0 Å². The number of anilines is 1. The molecule has 0 aliphatic rings. The SMILES string of the molecule is c1cncc(-c2nc(CNc3nc4ccccc4o3)cs2)c1. The van der Waals surface area contributed by atoms with Crippen LogP contribution in [-0.2, 0) is 6.54 Å². The molecule has 4 aromatic rings. The smallest absolute Gasteiger partial charge is 0.296 e. The fourth-order valence-corrected chi connectivity index (χ4v) is 2.93. The third kappa shape index (κ3) is 2.56. The minimum atomic E-state index is 0.511. The molecule has 0 amide bonds. The second-order valence-corrected chi connectivity index (χ2v) is 5.58. The van der Waals surface area contributed by atoms with Gasteiger partial charge < -0.3 is 9.73 Å². The Hall–Kier alpha value is -2.73. The van der Waals surface area contributed by atoms with Crippen molar-refractivity contribution in [1.29, 1.82) is 0 Å². The highest BCUT2D eigenvalue weighted by atomic mass is 32.1. The van der Waals surface area contributed by atoms with Crippen LogP contribution >= 0.6 is 11.3 Å². The van der Waals surface area contributed by atoms with Crippen LogP contribution < -0.4 is 5.32 Å². The van der Waals surface area contributed by atoms with Gasteiger partial charge in [-0.2, -0.15) is 4.98 Å². The van der Waals surface area contributed by atoms with E-state index in [9.17, 15) is 0 Å². The molecule has 5 nitrogen and oxygen atoms in total. The van der Waals surface area contributed by atoms with Gasteiger partial charge in [0.05, 0.1) is 12.2 Å². The van der Waals surface area contributed by atoms with Crippen molar-refractivity contribution in [2.24, 2.45) is 0 Å². The van der Waals surface area contributed by atoms with Gasteiger partial charge in [-0.25, -0.2) is 4.98 Å². The van der Waals surface area contributed by atoms with Gasteiger partial charge >= 0.3 is 0 Å². The average molecular weight is 308 g/mol. The molecule has 108 valence electrons. The van der Waals surface area contributed by atoms with Gasteiger partial charge in [0.1, 0.15) is 10.5 Å². The lowest BCUT2D eigenvalue weighted by atomic mass is 10.3. The number of para-hydroxylation sites is 2. The van der Waals surface area contributed by atoms with Crippen LogP contribution in [0.25, 0.3) is 21.7 Å². The van der Waals surface area contributed by atoms with E-state index in [1.807, 2.05) is 48.0 Å². The third-order valence-corrected chi connectivity index (χ3v) is 4.12. The largest absolute Gasteiger partial charge is 0.424 e. The maximum absolute atomic E-state index is 5.62. The molecule has 0 atom stereocenters. The minimum absolute atomic E-state index is 0.511. The van der Waals surface area contributed by atoms with Crippen LogP contribution in [0.1, 0.15) is 5.69 Å².